The van der Waals surface area contributed by atoms with Crippen LogP contribution in [0.2, 0.25) is 5.02 Å². The highest BCUT2D eigenvalue weighted by atomic mass is 35.5. The molecule has 0 saturated heterocycles. The van der Waals surface area contributed by atoms with Crippen LogP contribution in [0.1, 0.15) is 51.6 Å². The zero-order chi connectivity index (χ0) is 13.4. The van der Waals surface area contributed by atoms with Crippen LogP contribution in [0.25, 0.3) is 0 Å². The predicted octanol–water partition coefficient (Wildman–Crippen LogP) is 4.19. The number of unbranched alkanes of at least 4 members (excludes halogenated alkanes) is 3. The molecule has 3 nitrogen and oxygen atoms in total. The van der Waals surface area contributed by atoms with Crippen molar-refractivity contribution in [3.63, 3.8) is 0 Å². The van der Waals surface area contributed by atoms with E-state index < -0.39 is 0 Å². The summed E-state index contributed by atoms with van der Waals surface area (Å²) in [5.41, 5.74) is 6.34. The van der Waals surface area contributed by atoms with Gasteiger partial charge in [-0.2, -0.15) is 0 Å². The van der Waals surface area contributed by atoms with Gasteiger partial charge in [-0.25, -0.2) is 4.98 Å². The molecule has 102 valence electrons. The number of ether oxygens (including phenoxy) is 1. The van der Waals surface area contributed by atoms with Crippen molar-refractivity contribution in [1.29, 1.82) is 0 Å². The Kier molecular flexibility index (Phi) is 7.06. The Morgan fingerprint density at radius 2 is 2.11 bits per heavy atom. The second kappa shape index (κ2) is 8.33. The Bertz CT molecular complexity index is 358. The number of hydrogen-bond donors (Lipinski definition) is 1. The van der Waals surface area contributed by atoms with Gasteiger partial charge in [-0.1, -0.05) is 44.2 Å². The van der Waals surface area contributed by atoms with E-state index in [-0.39, 0.29) is 6.10 Å². The molecule has 18 heavy (non-hydrogen) atoms. The quantitative estimate of drug-likeness (QED) is 0.721. The molecule has 1 unspecified atom stereocenters. The van der Waals surface area contributed by atoms with Crippen molar-refractivity contribution < 1.29 is 4.74 Å². The number of halogens is 1. The number of rotatable bonds is 8. The molecule has 0 fully saturated rings. The molecule has 0 spiro atoms. The third-order valence-corrected chi connectivity index (χ3v) is 3.25. The van der Waals surface area contributed by atoms with Crippen LogP contribution in [0, 0.1) is 0 Å². The van der Waals surface area contributed by atoms with Crippen molar-refractivity contribution in [1.82, 2.24) is 4.98 Å². The molecule has 0 aliphatic rings. The van der Waals surface area contributed by atoms with Gasteiger partial charge in [0.25, 0.3) is 0 Å². The van der Waals surface area contributed by atoms with Gasteiger partial charge < -0.3 is 10.5 Å². The van der Waals surface area contributed by atoms with Crippen LogP contribution in [-0.2, 0) is 11.3 Å². The third-order valence-electron chi connectivity index (χ3n) is 2.91. The summed E-state index contributed by atoms with van der Waals surface area (Å²) in [5.74, 6) is 0.480. The molecule has 0 aliphatic heterocycles. The zero-order valence-corrected chi connectivity index (χ0v) is 12.0. The summed E-state index contributed by atoms with van der Waals surface area (Å²) in [4.78, 5) is 4.18. The van der Waals surface area contributed by atoms with Gasteiger partial charge in [-0.3, -0.25) is 0 Å². The van der Waals surface area contributed by atoms with E-state index in [9.17, 15) is 0 Å². The van der Waals surface area contributed by atoms with E-state index >= 15 is 0 Å². The average molecular weight is 271 g/mol. The van der Waals surface area contributed by atoms with Crippen molar-refractivity contribution in [2.45, 2.75) is 58.7 Å². The summed E-state index contributed by atoms with van der Waals surface area (Å²) in [7, 11) is 0. The van der Waals surface area contributed by atoms with Crippen molar-refractivity contribution >= 4 is 17.4 Å². The summed E-state index contributed by atoms with van der Waals surface area (Å²) < 4.78 is 5.74. The fraction of sp³-hybridized carbons (Fsp3) is 0.643. The molecule has 0 aliphatic carbocycles. The summed E-state index contributed by atoms with van der Waals surface area (Å²) in [6, 6.07) is 3.45. The summed E-state index contributed by atoms with van der Waals surface area (Å²) in [5, 5.41) is 0.613. The maximum Gasteiger partial charge on any atom is 0.123 e. The fourth-order valence-electron chi connectivity index (χ4n) is 1.77. The molecule has 0 bridgehead atoms. The summed E-state index contributed by atoms with van der Waals surface area (Å²) in [6.07, 6.45) is 6.38. The van der Waals surface area contributed by atoms with Gasteiger partial charge in [-0.05, 0) is 25.5 Å². The summed E-state index contributed by atoms with van der Waals surface area (Å²) >= 11 is 6.03. The first-order valence-electron chi connectivity index (χ1n) is 6.66. The second-order valence-corrected chi connectivity index (χ2v) is 5.04. The van der Waals surface area contributed by atoms with E-state index in [4.69, 9.17) is 22.1 Å². The second-order valence-electron chi connectivity index (χ2n) is 4.64. The Morgan fingerprint density at radius 1 is 1.33 bits per heavy atom. The monoisotopic (exact) mass is 270 g/mol. The molecule has 2 N–H and O–H groups in total. The van der Waals surface area contributed by atoms with Gasteiger partial charge in [0, 0.05) is 0 Å². The fourth-order valence-corrected chi connectivity index (χ4v) is 1.93. The van der Waals surface area contributed by atoms with E-state index in [1.807, 2.05) is 0 Å². The van der Waals surface area contributed by atoms with Gasteiger partial charge in [0.05, 0.1) is 23.4 Å². The van der Waals surface area contributed by atoms with Crippen LogP contribution in [0.5, 0.6) is 0 Å². The number of pyridine rings is 1. The molecule has 1 heterocycles. The van der Waals surface area contributed by atoms with Crippen molar-refractivity contribution in [2.75, 3.05) is 5.73 Å². The Balaban J connectivity index is 2.29. The lowest BCUT2D eigenvalue weighted by atomic mass is 10.1. The topological polar surface area (TPSA) is 48.1 Å². The molecule has 1 atom stereocenters. The lowest BCUT2D eigenvalue weighted by Gasteiger charge is -2.13. The molecular formula is C14H23ClN2O. The number of anilines is 1. The van der Waals surface area contributed by atoms with Gasteiger partial charge in [0.1, 0.15) is 5.82 Å². The highest BCUT2D eigenvalue weighted by Gasteiger charge is 2.07. The van der Waals surface area contributed by atoms with Crippen LogP contribution in [0.15, 0.2) is 12.1 Å². The molecule has 0 radical (unpaired) electrons. The maximum atomic E-state index is 6.03. The molecule has 0 amide bonds. The highest BCUT2D eigenvalue weighted by molar-refractivity contribution is 6.31. The standard InChI is InChI=1S/C14H23ClN2O/c1-3-4-5-6-7-11(2)18-10-13-12(15)8-9-14(16)17-13/h8-9,11H,3-7,10H2,1-2H3,(H2,16,17). The minimum Gasteiger partial charge on any atom is -0.384 e. The van der Waals surface area contributed by atoms with Gasteiger partial charge in [0.15, 0.2) is 0 Å². The molecular weight excluding hydrogens is 248 g/mol. The first-order chi connectivity index (χ1) is 8.63. The SMILES string of the molecule is CCCCCCC(C)OCc1nc(N)ccc1Cl. The van der Waals surface area contributed by atoms with Gasteiger partial charge in [-0.15, -0.1) is 0 Å². The van der Waals surface area contributed by atoms with Gasteiger partial charge in [0.2, 0.25) is 0 Å². The third kappa shape index (κ3) is 5.69. The smallest absolute Gasteiger partial charge is 0.123 e. The average Bonchev–Trinajstić information content (AvgIpc) is 2.36. The van der Waals surface area contributed by atoms with Crippen LogP contribution in [0.3, 0.4) is 0 Å². The highest BCUT2D eigenvalue weighted by Crippen LogP contribution is 2.17. The number of hydrogen-bond acceptors (Lipinski definition) is 3. The minimum absolute atomic E-state index is 0.237. The predicted molar refractivity (Wildman–Crippen MR) is 76.7 cm³/mol. The lowest BCUT2D eigenvalue weighted by molar-refractivity contribution is 0.0441. The van der Waals surface area contributed by atoms with E-state index in [0.717, 1.165) is 12.1 Å². The van der Waals surface area contributed by atoms with Crippen LogP contribution in [-0.4, -0.2) is 11.1 Å². The molecule has 1 aromatic heterocycles. The largest absolute Gasteiger partial charge is 0.384 e. The number of nitrogens with two attached hydrogens (primary N) is 1. The number of nitrogen functional groups attached to an aromatic ring is 1. The first kappa shape index (κ1) is 15.3. The summed E-state index contributed by atoms with van der Waals surface area (Å²) in [6.45, 7) is 4.73. The van der Waals surface area contributed by atoms with Crippen molar-refractivity contribution in [3.8, 4) is 0 Å². The molecule has 1 aromatic rings. The van der Waals surface area contributed by atoms with Crippen molar-refractivity contribution in [3.05, 3.63) is 22.8 Å². The van der Waals surface area contributed by atoms with Crippen molar-refractivity contribution in [2.24, 2.45) is 0 Å². The minimum atomic E-state index is 0.237. The van der Waals surface area contributed by atoms with E-state index in [0.29, 0.717) is 17.4 Å². The number of nitrogens with zero attached hydrogens (tertiary/aromatic N) is 1. The van der Waals surface area contributed by atoms with Crippen LogP contribution in [0.4, 0.5) is 5.82 Å². The number of aromatic nitrogens is 1. The Morgan fingerprint density at radius 3 is 2.83 bits per heavy atom. The molecule has 0 aromatic carbocycles. The van der Waals surface area contributed by atoms with Gasteiger partial charge >= 0.3 is 0 Å². The molecule has 4 heteroatoms. The molecule has 1 rings (SSSR count). The van der Waals surface area contributed by atoms with E-state index in [1.54, 1.807) is 12.1 Å². The maximum absolute atomic E-state index is 6.03. The van der Waals surface area contributed by atoms with E-state index in [2.05, 4.69) is 18.8 Å². The Hall–Kier alpha value is -0.800. The van der Waals surface area contributed by atoms with E-state index in [1.165, 1.54) is 25.7 Å². The first-order valence-corrected chi connectivity index (χ1v) is 7.03. The zero-order valence-electron chi connectivity index (χ0n) is 11.3. The normalized spacial score (nSPS) is 12.6. The Labute approximate surface area is 115 Å². The lowest BCUT2D eigenvalue weighted by Crippen LogP contribution is -2.09. The van der Waals surface area contributed by atoms with Crippen LogP contribution >= 0.6 is 11.6 Å². The molecule has 0 saturated carbocycles. The van der Waals surface area contributed by atoms with Crippen LogP contribution < -0.4 is 5.73 Å².